The van der Waals surface area contributed by atoms with E-state index >= 15 is 0 Å². The van der Waals surface area contributed by atoms with Gasteiger partial charge in [0.2, 0.25) is 0 Å². The van der Waals surface area contributed by atoms with Crippen LogP contribution < -0.4 is 5.32 Å². The molecule has 1 unspecified atom stereocenters. The smallest absolute Gasteiger partial charge is 0.272 e. The van der Waals surface area contributed by atoms with Gasteiger partial charge in [0.05, 0.1) is 26.0 Å². The van der Waals surface area contributed by atoms with E-state index in [-0.39, 0.29) is 30.8 Å². The minimum Gasteiger partial charge on any atom is -0.344 e. The molecule has 5 nitrogen and oxygen atoms in total. The molecule has 1 aromatic carbocycles. The van der Waals surface area contributed by atoms with Gasteiger partial charge in [0.15, 0.2) is 9.84 Å². The Bertz CT molecular complexity index is 931. The van der Waals surface area contributed by atoms with Crippen molar-refractivity contribution in [3.05, 3.63) is 55.7 Å². The van der Waals surface area contributed by atoms with E-state index in [9.17, 15) is 13.2 Å². The number of carbonyl (C=O) groups excluding carboxylic acids is 1. The summed E-state index contributed by atoms with van der Waals surface area (Å²) < 4.78 is 23.0. The van der Waals surface area contributed by atoms with E-state index in [1.165, 1.54) is 12.1 Å². The molecule has 25 heavy (non-hydrogen) atoms. The van der Waals surface area contributed by atoms with Crippen LogP contribution in [-0.4, -0.2) is 25.6 Å². The van der Waals surface area contributed by atoms with E-state index < -0.39 is 21.8 Å². The highest BCUT2D eigenvalue weighted by atomic mass is 35.5. The Morgan fingerprint density at radius 3 is 2.12 bits per heavy atom. The number of aromatic nitrogens is 1. The standard InChI is InChI=1S/C15H12Cl4N2O3S/c1-7(8-3-5-9(6-4-8)25(2,23)24)20-15(22)13-11(17)10(16)12(18)14(19)21-13/h3-7H,1-2H3,(H,20,22). The second kappa shape index (κ2) is 7.68. The number of halogens is 4. The van der Waals surface area contributed by atoms with Crippen molar-refractivity contribution >= 4 is 62.1 Å². The summed E-state index contributed by atoms with van der Waals surface area (Å²) in [5.41, 5.74) is 0.545. The molecule has 1 atom stereocenters. The number of hydrogen-bond acceptors (Lipinski definition) is 4. The maximum Gasteiger partial charge on any atom is 0.272 e. The number of hydrogen-bond donors (Lipinski definition) is 1. The average Bonchev–Trinajstić information content (AvgIpc) is 2.55. The maximum atomic E-state index is 12.4. The molecule has 2 aromatic rings. The molecule has 0 fully saturated rings. The largest absolute Gasteiger partial charge is 0.344 e. The topological polar surface area (TPSA) is 76.1 Å². The van der Waals surface area contributed by atoms with Crippen molar-refractivity contribution in [3.8, 4) is 0 Å². The Kier molecular flexibility index (Phi) is 6.22. The number of nitrogens with zero attached hydrogens (tertiary/aromatic N) is 1. The number of sulfone groups is 1. The molecule has 134 valence electrons. The third-order valence-corrected chi connectivity index (χ3v) is 6.16. The molecular weight excluding hydrogens is 430 g/mol. The predicted octanol–water partition coefficient (Wildman–Crippen LogP) is 4.59. The Hall–Kier alpha value is -1.05. The van der Waals surface area contributed by atoms with Gasteiger partial charge in [0.25, 0.3) is 5.91 Å². The molecule has 0 saturated heterocycles. The van der Waals surface area contributed by atoms with Crippen LogP contribution in [0.15, 0.2) is 29.2 Å². The SMILES string of the molecule is CC(NC(=O)c1nc(Cl)c(Cl)c(Cl)c1Cl)c1ccc(S(C)(=O)=O)cc1. The van der Waals surface area contributed by atoms with Gasteiger partial charge < -0.3 is 5.32 Å². The summed E-state index contributed by atoms with van der Waals surface area (Å²) in [7, 11) is -3.29. The predicted molar refractivity (Wildman–Crippen MR) is 99.7 cm³/mol. The normalized spacial score (nSPS) is 12.7. The van der Waals surface area contributed by atoms with Gasteiger partial charge >= 0.3 is 0 Å². The van der Waals surface area contributed by atoms with Crippen LogP contribution >= 0.6 is 46.4 Å². The molecule has 1 aromatic heterocycles. The molecule has 0 aliphatic heterocycles. The average molecular weight is 442 g/mol. The summed E-state index contributed by atoms with van der Waals surface area (Å²) in [6, 6.07) is 5.71. The lowest BCUT2D eigenvalue weighted by molar-refractivity contribution is 0.0935. The fourth-order valence-electron chi connectivity index (χ4n) is 1.99. The Labute approximate surface area is 165 Å². The molecule has 0 spiro atoms. The number of benzene rings is 1. The van der Waals surface area contributed by atoms with E-state index in [1.54, 1.807) is 19.1 Å². The molecule has 1 amide bonds. The zero-order chi connectivity index (χ0) is 18.9. The lowest BCUT2D eigenvalue weighted by Crippen LogP contribution is -2.28. The van der Waals surface area contributed by atoms with Crippen LogP contribution in [0.5, 0.6) is 0 Å². The fourth-order valence-corrected chi connectivity index (χ4v) is 3.43. The zero-order valence-electron chi connectivity index (χ0n) is 13.0. The van der Waals surface area contributed by atoms with E-state index in [1.807, 2.05) is 0 Å². The second-order valence-corrected chi connectivity index (χ2v) is 8.74. The van der Waals surface area contributed by atoms with Gasteiger partial charge in [-0.1, -0.05) is 58.5 Å². The van der Waals surface area contributed by atoms with E-state index in [2.05, 4.69) is 10.3 Å². The Morgan fingerprint density at radius 2 is 1.60 bits per heavy atom. The summed E-state index contributed by atoms with van der Waals surface area (Å²) in [5, 5.41) is 2.36. The monoisotopic (exact) mass is 440 g/mol. The van der Waals surface area contributed by atoms with Crippen LogP contribution in [0, 0.1) is 0 Å². The summed E-state index contributed by atoms with van der Waals surface area (Å²) in [6.45, 7) is 1.72. The summed E-state index contributed by atoms with van der Waals surface area (Å²) >= 11 is 23.6. The van der Waals surface area contributed by atoms with Crippen molar-refractivity contribution in [1.82, 2.24) is 10.3 Å². The van der Waals surface area contributed by atoms with Gasteiger partial charge in [-0.05, 0) is 24.6 Å². The summed E-state index contributed by atoms with van der Waals surface area (Å²) in [4.78, 5) is 16.4. The van der Waals surface area contributed by atoms with Crippen molar-refractivity contribution in [1.29, 1.82) is 0 Å². The Morgan fingerprint density at radius 1 is 1.04 bits per heavy atom. The number of rotatable bonds is 4. The molecule has 0 saturated carbocycles. The molecule has 0 bridgehead atoms. The van der Waals surface area contributed by atoms with Crippen LogP contribution in [0.2, 0.25) is 20.2 Å². The van der Waals surface area contributed by atoms with Gasteiger partial charge in [0, 0.05) is 6.26 Å². The van der Waals surface area contributed by atoms with Gasteiger partial charge in [-0.2, -0.15) is 0 Å². The quantitative estimate of drug-likeness (QED) is 0.704. The number of pyridine rings is 1. The van der Waals surface area contributed by atoms with E-state index in [0.29, 0.717) is 5.56 Å². The molecule has 1 heterocycles. The van der Waals surface area contributed by atoms with Gasteiger partial charge in [-0.15, -0.1) is 0 Å². The van der Waals surface area contributed by atoms with E-state index in [0.717, 1.165) is 6.26 Å². The zero-order valence-corrected chi connectivity index (χ0v) is 16.8. The maximum absolute atomic E-state index is 12.4. The number of nitrogens with one attached hydrogen (secondary N) is 1. The minimum atomic E-state index is -3.29. The third kappa shape index (κ3) is 4.57. The highest BCUT2D eigenvalue weighted by molar-refractivity contribution is 7.90. The van der Waals surface area contributed by atoms with Crippen molar-refractivity contribution in [2.45, 2.75) is 17.9 Å². The Balaban J connectivity index is 2.24. The highest BCUT2D eigenvalue weighted by Crippen LogP contribution is 2.36. The van der Waals surface area contributed by atoms with Crippen molar-refractivity contribution in [2.24, 2.45) is 0 Å². The fraction of sp³-hybridized carbons (Fsp3) is 0.200. The first kappa shape index (κ1) is 20.3. The van der Waals surface area contributed by atoms with Crippen molar-refractivity contribution in [2.75, 3.05) is 6.26 Å². The van der Waals surface area contributed by atoms with Gasteiger partial charge in [0.1, 0.15) is 10.8 Å². The van der Waals surface area contributed by atoms with Crippen LogP contribution in [-0.2, 0) is 9.84 Å². The summed E-state index contributed by atoms with van der Waals surface area (Å²) in [5.74, 6) is -0.592. The molecule has 0 aliphatic rings. The van der Waals surface area contributed by atoms with Crippen LogP contribution in [0.3, 0.4) is 0 Å². The lowest BCUT2D eigenvalue weighted by atomic mass is 10.1. The highest BCUT2D eigenvalue weighted by Gasteiger charge is 2.22. The third-order valence-electron chi connectivity index (χ3n) is 3.36. The van der Waals surface area contributed by atoms with Gasteiger partial charge in [-0.25, -0.2) is 13.4 Å². The first-order valence-corrected chi connectivity index (χ1v) is 10.2. The van der Waals surface area contributed by atoms with Crippen LogP contribution in [0.4, 0.5) is 0 Å². The molecule has 1 N–H and O–H groups in total. The first-order valence-electron chi connectivity index (χ1n) is 6.83. The van der Waals surface area contributed by atoms with Crippen molar-refractivity contribution < 1.29 is 13.2 Å². The number of carbonyl (C=O) groups is 1. The van der Waals surface area contributed by atoms with Crippen molar-refractivity contribution in [3.63, 3.8) is 0 Å². The number of amides is 1. The second-order valence-electron chi connectivity index (χ2n) is 5.23. The lowest BCUT2D eigenvalue weighted by Gasteiger charge is -2.15. The van der Waals surface area contributed by atoms with Crippen LogP contribution in [0.1, 0.15) is 29.0 Å². The minimum absolute atomic E-state index is 0.0331. The molecule has 10 heteroatoms. The summed E-state index contributed by atoms with van der Waals surface area (Å²) in [6.07, 6.45) is 1.12. The van der Waals surface area contributed by atoms with E-state index in [4.69, 9.17) is 46.4 Å². The molecule has 0 radical (unpaired) electrons. The first-order chi connectivity index (χ1) is 11.5. The van der Waals surface area contributed by atoms with Gasteiger partial charge in [-0.3, -0.25) is 4.79 Å². The molecular formula is C15H12Cl4N2O3S. The molecule has 2 rings (SSSR count). The molecule has 0 aliphatic carbocycles. The van der Waals surface area contributed by atoms with Crippen LogP contribution in [0.25, 0.3) is 0 Å².